The Hall–Kier alpha value is -0.770. The van der Waals surface area contributed by atoms with Gasteiger partial charge in [-0.05, 0) is 32.7 Å². The second kappa shape index (κ2) is 5.53. The Labute approximate surface area is 98.3 Å². The van der Waals surface area contributed by atoms with E-state index in [2.05, 4.69) is 22.3 Å². The molecule has 2 saturated carbocycles. The summed E-state index contributed by atoms with van der Waals surface area (Å²) in [6.45, 7) is 1.84. The lowest BCUT2D eigenvalue weighted by atomic mass is 10.2. The zero-order valence-electron chi connectivity index (χ0n) is 10.3. The summed E-state index contributed by atoms with van der Waals surface area (Å²) >= 11 is 0. The zero-order chi connectivity index (χ0) is 11.4. The molecule has 0 aromatic heterocycles. The summed E-state index contributed by atoms with van der Waals surface area (Å²) in [6, 6.07) is 1.39. The molecule has 2 aliphatic carbocycles. The summed E-state index contributed by atoms with van der Waals surface area (Å²) in [6.07, 6.45) is 7.87. The van der Waals surface area contributed by atoms with E-state index in [1.165, 1.54) is 38.5 Å². The van der Waals surface area contributed by atoms with Crippen LogP contribution in [-0.4, -0.2) is 43.1 Å². The van der Waals surface area contributed by atoms with Gasteiger partial charge >= 0.3 is 0 Å². The SMILES string of the molecule is CN(CCN=C(N)NC1CCCC1)C1CC1. The molecule has 0 spiro atoms. The van der Waals surface area contributed by atoms with Crippen molar-refractivity contribution in [1.29, 1.82) is 0 Å². The maximum Gasteiger partial charge on any atom is 0.188 e. The molecule has 4 heteroatoms. The van der Waals surface area contributed by atoms with E-state index in [9.17, 15) is 0 Å². The molecule has 2 fully saturated rings. The molecule has 92 valence electrons. The van der Waals surface area contributed by atoms with Crippen molar-refractivity contribution in [3.8, 4) is 0 Å². The van der Waals surface area contributed by atoms with Crippen LogP contribution in [0.3, 0.4) is 0 Å². The summed E-state index contributed by atoms with van der Waals surface area (Å²) in [4.78, 5) is 6.76. The molecule has 0 saturated heterocycles. The van der Waals surface area contributed by atoms with Crippen molar-refractivity contribution in [2.24, 2.45) is 10.7 Å². The van der Waals surface area contributed by atoms with Gasteiger partial charge in [-0.1, -0.05) is 12.8 Å². The van der Waals surface area contributed by atoms with Crippen LogP contribution in [0.2, 0.25) is 0 Å². The first-order chi connectivity index (χ1) is 7.75. The highest BCUT2D eigenvalue weighted by molar-refractivity contribution is 5.78. The third kappa shape index (κ3) is 3.67. The van der Waals surface area contributed by atoms with Crippen LogP contribution in [0, 0.1) is 0 Å². The number of rotatable bonds is 5. The van der Waals surface area contributed by atoms with Gasteiger partial charge in [-0.15, -0.1) is 0 Å². The summed E-state index contributed by atoms with van der Waals surface area (Å²) < 4.78 is 0. The monoisotopic (exact) mass is 224 g/mol. The van der Waals surface area contributed by atoms with Gasteiger partial charge in [0.1, 0.15) is 0 Å². The lowest BCUT2D eigenvalue weighted by Gasteiger charge is -2.15. The fraction of sp³-hybridized carbons (Fsp3) is 0.917. The topological polar surface area (TPSA) is 53.6 Å². The predicted molar refractivity (Wildman–Crippen MR) is 67.5 cm³/mol. The van der Waals surface area contributed by atoms with Crippen LogP contribution < -0.4 is 11.1 Å². The molecule has 0 aromatic carbocycles. The molecule has 0 bridgehead atoms. The molecule has 4 nitrogen and oxygen atoms in total. The number of nitrogens with zero attached hydrogens (tertiary/aromatic N) is 2. The number of nitrogens with two attached hydrogens (primary N) is 1. The smallest absolute Gasteiger partial charge is 0.188 e. The van der Waals surface area contributed by atoms with Crippen molar-refractivity contribution in [2.45, 2.75) is 50.6 Å². The minimum absolute atomic E-state index is 0.574. The number of nitrogens with one attached hydrogen (secondary N) is 1. The van der Waals surface area contributed by atoms with E-state index in [1.54, 1.807) is 0 Å². The lowest BCUT2D eigenvalue weighted by molar-refractivity contribution is 0.333. The van der Waals surface area contributed by atoms with Crippen molar-refractivity contribution in [2.75, 3.05) is 20.1 Å². The van der Waals surface area contributed by atoms with Gasteiger partial charge in [-0.3, -0.25) is 4.99 Å². The number of aliphatic imine (C=N–C) groups is 1. The zero-order valence-corrected chi connectivity index (χ0v) is 10.3. The van der Waals surface area contributed by atoms with E-state index in [0.29, 0.717) is 12.0 Å². The van der Waals surface area contributed by atoms with E-state index in [1.807, 2.05) is 0 Å². The van der Waals surface area contributed by atoms with E-state index in [-0.39, 0.29) is 0 Å². The maximum absolute atomic E-state index is 5.85. The van der Waals surface area contributed by atoms with Crippen LogP contribution in [0.4, 0.5) is 0 Å². The predicted octanol–water partition coefficient (Wildman–Crippen LogP) is 0.927. The molecule has 0 unspecified atom stereocenters. The Morgan fingerprint density at radius 3 is 2.62 bits per heavy atom. The molecule has 0 amide bonds. The maximum atomic E-state index is 5.85. The first kappa shape index (κ1) is 11.7. The molecule has 0 aliphatic heterocycles. The molecule has 2 rings (SSSR count). The van der Waals surface area contributed by atoms with Crippen molar-refractivity contribution in [1.82, 2.24) is 10.2 Å². The Kier molecular flexibility index (Phi) is 4.04. The van der Waals surface area contributed by atoms with Crippen molar-refractivity contribution in [3.63, 3.8) is 0 Å². The average Bonchev–Trinajstić information content (AvgIpc) is 2.99. The number of guanidine groups is 1. The fourth-order valence-corrected chi connectivity index (χ4v) is 2.35. The number of likely N-dealkylation sites (N-methyl/N-ethyl adjacent to an activating group) is 1. The van der Waals surface area contributed by atoms with Crippen molar-refractivity contribution < 1.29 is 0 Å². The molecule has 2 aliphatic rings. The minimum atomic E-state index is 0.574. The summed E-state index contributed by atoms with van der Waals surface area (Å²) in [7, 11) is 2.17. The highest BCUT2D eigenvalue weighted by Gasteiger charge is 2.25. The second-order valence-corrected chi connectivity index (χ2v) is 5.10. The van der Waals surface area contributed by atoms with Gasteiger partial charge in [0.05, 0.1) is 6.54 Å². The molecule has 16 heavy (non-hydrogen) atoms. The van der Waals surface area contributed by atoms with Gasteiger partial charge < -0.3 is 16.0 Å². The Bertz CT molecular complexity index is 241. The van der Waals surface area contributed by atoms with Crippen LogP contribution in [0.1, 0.15) is 38.5 Å². The first-order valence-corrected chi connectivity index (χ1v) is 6.52. The van der Waals surface area contributed by atoms with Gasteiger partial charge in [0.2, 0.25) is 0 Å². The number of hydrogen-bond donors (Lipinski definition) is 2. The molecule has 0 radical (unpaired) electrons. The molecule has 0 atom stereocenters. The highest BCUT2D eigenvalue weighted by atomic mass is 15.2. The molecular formula is C12H24N4. The van der Waals surface area contributed by atoms with Gasteiger partial charge in [-0.2, -0.15) is 0 Å². The average molecular weight is 224 g/mol. The summed E-state index contributed by atoms with van der Waals surface area (Å²) in [5.74, 6) is 0.635. The van der Waals surface area contributed by atoms with E-state index < -0.39 is 0 Å². The molecule has 3 N–H and O–H groups in total. The summed E-state index contributed by atoms with van der Waals surface area (Å²) in [5.41, 5.74) is 5.85. The normalized spacial score (nSPS) is 23.0. The van der Waals surface area contributed by atoms with Crippen LogP contribution in [-0.2, 0) is 0 Å². The van der Waals surface area contributed by atoms with Gasteiger partial charge in [0.15, 0.2) is 5.96 Å². The fourth-order valence-electron chi connectivity index (χ4n) is 2.35. The Morgan fingerprint density at radius 2 is 2.00 bits per heavy atom. The van der Waals surface area contributed by atoms with Crippen LogP contribution in [0.15, 0.2) is 4.99 Å². The third-order valence-corrected chi connectivity index (χ3v) is 3.61. The Balaban J connectivity index is 1.61. The first-order valence-electron chi connectivity index (χ1n) is 6.52. The second-order valence-electron chi connectivity index (χ2n) is 5.10. The molecule has 0 heterocycles. The quantitative estimate of drug-likeness (QED) is 0.539. The third-order valence-electron chi connectivity index (χ3n) is 3.61. The van der Waals surface area contributed by atoms with Crippen LogP contribution in [0.5, 0.6) is 0 Å². The van der Waals surface area contributed by atoms with Gasteiger partial charge in [-0.25, -0.2) is 0 Å². The largest absolute Gasteiger partial charge is 0.370 e. The highest BCUT2D eigenvalue weighted by Crippen LogP contribution is 2.24. The Morgan fingerprint density at radius 1 is 1.31 bits per heavy atom. The van der Waals surface area contributed by atoms with Crippen molar-refractivity contribution >= 4 is 5.96 Å². The lowest BCUT2D eigenvalue weighted by Crippen LogP contribution is -2.39. The van der Waals surface area contributed by atoms with E-state index in [4.69, 9.17) is 5.73 Å². The number of hydrogen-bond acceptors (Lipinski definition) is 2. The van der Waals surface area contributed by atoms with Crippen molar-refractivity contribution in [3.05, 3.63) is 0 Å². The molecular weight excluding hydrogens is 200 g/mol. The standard InChI is InChI=1S/C12H24N4/c1-16(11-6-7-11)9-8-14-12(13)15-10-4-2-3-5-10/h10-11H,2-9H2,1H3,(H3,13,14,15). The summed E-state index contributed by atoms with van der Waals surface area (Å²) in [5, 5.41) is 3.31. The van der Waals surface area contributed by atoms with Gasteiger partial charge in [0, 0.05) is 18.6 Å². The minimum Gasteiger partial charge on any atom is -0.370 e. The van der Waals surface area contributed by atoms with Crippen LogP contribution in [0.25, 0.3) is 0 Å². The van der Waals surface area contributed by atoms with Gasteiger partial charge in [0.25, 0.3) is 0 Å². The van der Waals surface area contributed by atoms with E-state index >= 15 is 0 Å². The molecule has 0 aromatic rings. The van der Waals surface area contributed by atoms with E-state index in [0.717, 1.165) is 19.1 Å². The van der Waals surface area contributed by atoms with Crippen LogP contribution >= 0.6 is 0 Å².